The topological polar surface area (TPSA) is 51.5 Å². The van der Waals surface area contributed by atoms with Gasteiger partial charge in [-0.2, -0.15) is 0 Å². The molecule has 0 aliphatic carbocycles. The van der Waals surface area contributed by atoms with Crippen LogP contribution in [-0.2, 0) is 6.54 Å². The fourth-order valence-corrected chi connectivity index (χ4v) is 1.72. The average molecular weight is 245 g/mol. The molecule has 4 heteroatoms. The molecule has 0 atom stereocenters. The number of benzene rings is 1. The highest BCUT2D eigenvalue weighted by Gasteiger charge is 2.09. The van der Waals surface area contributed by atoms with Crippen LogP contribution < -0.4 is 10.1 Å². The minimum atomic E-state index is -0.233. The van der Waals surface area contributed by atoms with E-state index in [1.54, 1.807) is 19.2 Å². The third kappa shape index (κ3) is 2.71. The molecule has 1 N–H and O–H groups in total. The van der Waals surface area contributed by atoms with Crippen LogP contribution in [0.15, 0.2) is 41.0 Å². The first-order chi connectivity index (χ1) is 8.70. The lowest BCUT2D eigenvalue weighted by Gasteiger charge is -2.10. The van der Waals surface area contributed by atoms with Gasteiger partial charge in [-0.25, -0.2) is 0 Å². The van der Waals surface area contributed by atoms with Gasteiger partial charge in [0.1, 0.15) is 5.75 Å². The maximum absolute atomic E-state index is 11.7. The van der Waals surface area contributed by atoms with Crippen molar-refractivity contribution in [1.29, 1.82) is 0 Å². The van der Waals surface area contributed by atoms with Crippen molar-refractivity contribution in [2.24, 2.45) is 0 Å². The van der Waals surface area contributed by atoms with Crippen molar-refractivity contribution < 1.29 is 13.9 Å². The molecule has 0 unspecified atom stereocenters. The molecule has 94 valence electrons. The summed E-state index contributed by atoms with van der Waals surface area (Å²) in [7, 11) is 1.61. The Balaban J connectivity index is 2.06. The highest BCUT2D eigenvalue weighted by atomic mass is 16.5. The van der Waals surface area contributed by atoms with Gasteiger partial charge >= 0.3 is 0 Å². The largest absolute Gasteiger partial charge is 0.496 e. The average Bonchev–Trinajstić information content (AvgIpc) is 2.90. The van der Waals surface area contributed by atoms with E-state index in [0.717, 1.165) is 16.9 Å². The molecule has 2 rings (SSSR count). The van der Waals surface area contributed by atoms with Gasteiger partial charge in [0.2, 0.25) is 0 Å². The second-order valence-electron chi connectivity index (χ2n) is 3.98. The van der Waals surface area contributed by atoms with Gasteiger partial charge < -0.3 is 14.5 Å². The van der Waals surface area contributed by atoms with Crippen molar-refractivity contribution in [3.63, 3.8) is 0 Å². The van der Waals surface area contributed by atoms with E-state index < -0.39 is 0 Å². The lowest BCUT2D eigenvalue weighted by Crippen LogP contribution is -2.22. The molecule has 2 aromatic rings. The lowest BCUT2D eigenvalue weighted by atomic mass is 10.1. The monoisotopic (exact) mass is 245 g/mol. The number of rotatable bonds is 4. The Morgan fingerprint density at radius 1 is 1.39 bits per heavy atom. The first-order valence-electron chi connectivity index (χ1n) is 5.66. The normalized spacial score (nSPS) is 10.1. The summed E-state index contributed by atoms with van der Waals surface area (Å²) in [5.41, 5.74) is 2.07. The molecule has 0 bridgehead atoms. The summed E-state index contributed by atoms with van der Waals surface area (Å²) < 4.78 is 10.3. The van der Waals surface area contributed by atoms with Gasteiger partial charge in [0.15, 0.2) is 5.76 Å². The highest BCUT2D eigenvalue weighted by Crippen LogP contribution is 2.19. The minimum Gasteiger partial charge on any atom is -0.496 e. The summed E-state index contributed by atoms with van der Waals surface area (Å²) in [5.74, 6) is 0.838. The summed E-state index contributed by atoms with van der Waals surface area (Å²) in [4.78, 5) is 11.7. The van der Waals surface area contributed by atoms with E-state index in [2.05, 4.69) is 5.32 Å². The lowest BCUT2D eigenvalue weighted by molar-refractivity contribution is 0.0923. The van der Waals surface area contributed by atoms with Crippen LogP contribution in [0.3, 0.4) is 0 Å². The molecule has 0 fully saturated rings. The van der Waals surface area contributed by atoms with Gasteiger partial charge in [-0.1, -0.05) is 17.7 Å². The standard InChI is InChI=1S/C14H15NO3/c1-10-5-6-12(17-2)11(8-10)9-15-14(16)13-4-3-7-18-13/h3-8H,9H2,1-2H3,(H,15,16). The number of carbonyl (C=O) groups is 1. The fourth-order valence-electron chi connectivity index (χ4n) is 1.72. The van der Waals surface area contributed by atoms with Crippen LogP contribution in [0.5, 0.6) is 5.75 Å². The Morgan fingerprint density at radius 2 is 2.22 bits per heavy atom. The zero-order chi connectivity index (χ0) is 13.0. The number of nitrogens with one attached hydrogen (secondary N) is 1. The van der Waals surface area contributed by atoms with Crippen molar-refractivity contribution in [2.75, 3.05) is 7.11 Å². The summed E-state index contributed by atoms with van der Waals surface area (Å²) in [5, 5.41) is 2.79. The van der Waals surface area contributed by atoms with Crippen molar-refractivity contribution in [3.05, 3.63) is 53.5 Å². The summed E-state index contributed by atoms with van der Waals surface area (Å²) in [6.07, 6.45) is 1.47. The molecule has 0 aliphatic heterocycles. The highest BCUT2D eigenvalue weighted by molar-refractivity contribution is 5.91. The number of amides is 1. The summed E-state index contributed by atoms with van der Waals surface area (Å²) in [6.45, 7) is 2.40. The second-order valence-corrected chi connectivity index (χ2v) is 3.98. The van der Waals surface area contributed by atoms with Crippen LogP contribution in [0.2, 0.25) is 0 Å². The van der Waals surface area contributed by atoms with E-state index in [4.69, 9.17) is 9.15 Å². The van der Waals surface area contributed by atoms with Crippen molar-refractivity contribution >= 4 is 5.91 Å². The molecule has 0 saturated heterocycles. The van der Waals surface area contributed by atoms with Crippen molar-refractivity contribution in [2.45, 2.75) is 13.5 Å². The van der Waals surface area contributed by atoms with Crippen molar-refractivity contribution in [3.8, 4) is 5.75 Å². The first-order valence-corrected chi connectivity index (χ1v) is 5.66. The van der Waals surface area contributed by atoms with E-state index >= 15 is 0 Å². The number of hydrogen-bond donors (Lipinski definition) is 1. The van der Waals surface area contributed by atoms with Gasteiger partial charge in [-0.15, -0.1) is 0 Å². The Labute approximate surface area is 106 Å². The number of furan rings is 1. The van der Waals surface area contributed by atoms with E-state index in [0.29, 0.717) is 12.3 Å². The van der Waals surface area contributed by atoms with Gasteiger partial charge in [0.05, 0.1) is 13.4 Å². The predicted molar refractivity (Wildman–Crippen MR) is 67.6 cm³/mol. The van der Waals surface area contributed by atoms with E-state index in [1.807, 2.05) is 25.1 Å². The SMILES string of the molecule is COc1ccc(C)cc1CNC(=O)c1ccco1. The summed E-state index contributed by atoms with van der Waals surface area (Å²) >= 11 is 0. The van der Waals surface area contributed by atoms with Crippen LogP contribution in [0.4, 0.5) is 0 Å². The smallest absolute Gasteiger partial charge is 0.287 e. The van der Waals surface area contributed by atoms with Crippen LogP contribution >= 0.6 is 0 Å². The third-order valence-corrected chi connectivity index (χ3v) is 2.62. The minimum absolute atomic E-state index is 0.233. The predicted octanol–water partition coefficient (Wildman–Crippen LogP) is 2.53. The molecule has 0 saturated carbocycles. The number of carbonyl (C=O) groups excluding carboxylic acids is 1. The molecule has 4 nitrogen and oxygen atoms in total. The maximum Gasteiger partial charge on any atom is 0.287 e. The van der Waals surface area contributed by atoms with Crippen LogP contribution in [0, 0.1) is 6.92 Å². The van der Waals surface area contributed by atoms with Crippen LogP contribution in [0.1, 0.15) is 21.7 Å². The molecule has 0 spiro atoms. The number of aryl methyl sites for hydroxylation is 1. The Kier molecular flexibility index (Phi) is 3.67. The molecular weight excluding hydrogens is 230 g/mol. The zero-order valence-electron chi connectivity index (χ0n) is 10.4. The van der Waals surface area contributed by atoms with E-state index in [9.17, 15) is 4.79 Å². The molecule has 0 radical (unpaired) electrons. The molecule has 1 aromatic heterocycles. The number of hydrogen-bond acceptors (Lipinski definition) is 3. The van der Waals surface area contributed by atoms with Gasteiger partial charge in [-0.05, 0) is 25.1 Å². The van der Waals surface area contributed by atoms with Gasteiger partial charge in [-0.3, -0.25) is 4.79 Å². The first kappa shape index (κ1) is 12.2. The molecule has 1 amide bonds. The molecule has 0 aliphatic rings. The van der Waals surface area contributed by atoms with E-state index in [-0.39, 0.29) is 5.91 Å². The Hall–Kier alpha value is -2.23. The van der Waals surface area contributed by atoms with E-state index in [1.165, 1.54) is 6.26 Å². The third-order valence-electron chi connectivity index (χ3n) is 2.62. The maximum atomic E-state index is 11.7. The number of methoxy groups -OCH3 is 1. The van der Waals surface area contributed by atoms with Gasteiger partial charge in [0, 0.05) is 12.1 Å². The van der Waals surface area contributed by atoms with Crippen molar-refractivity contribution in [1.82, 2.24) is 5.32 Å². The van der Waals surface area contributed by atoms with Crippen LogP contribution in [0.25, 0.3) is 0 Å². The Morgan fingerprint density at radius 3 is 2.89 bits per heavy atom. The molecule has 18 heavy (non-hydrogen) atoms. The number of ether oxygens (including phenoxy) is 1. The quantitative estimate of drug-likeness (QED) is 0.900. The summed E-state index contributed by atoms with van der Waals surface area (Å²) in [6, 6.07) is 9.16. The second kappa shape index (κ2) is 5.40. The van der Waals surface area contributed by atoms with Crippen LogP contribution in [-0.4, -0.2) is 13.0 Å². The van der Waals surface area contributed by atoms with Gasteiger partial charge in [0.25, 0.3) is 5.91 Å². The fraction of sp³-hybridized carbons (Fsp3) is 0.214. The Bertz CT molecular complexity index is 532. The molecule has 1 aromatic carbocycles. The molecule has 1 heterocycles. The zero-order valence-corrected chi connectivity index (χ0v) is 10.4. The molecular formula is C14H15NO3.